The number of benzene rings is 1. The summed E-state index contributed by atoms with van der Waals surface area (Å²) in [7, 11) is 1.38. The summed E-state index contributed by atoms with van der Waals surface area (Å²) in [6.45, 7) is 2.00. The maximum atomic E-state index is 12.3. The molecule has 0 heterocycles. The lowest BCUT2D eigenvalue weighted by atomic mass is 10.0. The molecule has 0 amide bonds. The van der Waals surface area contributed by atoms with Crippen molar-refractivity contribution in [3.05, 3.63) is 23.3 Å². The van der Waals surface area contributed by atoms with Crippen molar-refractivity contribution in [2.24, 2.45) is 0 Å². The molecule has 0 radical (unpaired) electrons. The summed E-state index contributed by atoms with van der Waals surface area (Å²) in [5.41, 5.74) is 0.644. The Morgan fingerprint density at radius 1 is 1.28 bits per heavy atom. The lowest BCUT2D eigenvalue weighted by Gasteiger charge is -2.16. The average molecular weight is 299 g/mol. The summed E-state index contributed by atoms with van der Waals surface area (Å²) >= 11 is 0. The minimum Gasteiger partial charge on any atom is -0.435 e. The third-order valence-corrected chi connectivity index (χ3v) is 3.87. The molecule has 1 rings (SSSR count). The van der Waals surface area contributed by atoms with Gasteiger partial charge in [0.05, 0.1) is 4.90 Å². The summed E-state index contributed by atoms with van der Waals surface area (Å²) in [6, 6.07) is 2.54. The molecule has 0 saturated heterocycles. The Bertz CT molecular complexity index is 541. The molecule has 0 bridgehead atoms. The van der Waals surface area contributed by atoms with E-state index in [9.17, 15) is 17.2 Å². The SMILES string of the molecule is Cc1cc(OC(F)F)c(C(C)C)cc1S(=O)(=O)Cl. The van der Waals surface area contributed by atoms with Crippen molar-refractivity contribution < 1.29 is 21.9 Å². The van der Waals surface area contributed by atoms with Crippen LogP contribution < -0.4 is 4.74 Å². The van der Waals surface area contributed by atoms with Gasteiger partial charge in [0, 0.05) is 10.7 Å². The third kappa shape index (κ3) is 3.55. The van der Waals surface area contributed by atoms with Gasteiger partial charge in [-0.05, 0) is 36.1 Å². The van der Waals surface area contributed by atoms with Crippen LogP contribution in [0.3, 0.4) is 0 Å². The van der Waals surface area contributed by atoms with Crippen LogP contribution in [-0.4, -0.2) is 15.0 Å². The Morgan fingerprint density at radius 3 is 2.22 bits per heavy atom. The first kappa shape index (κ1) is 15.2. The zero-order valence-corrected chi connectivity index (χ0v) is 11.6. The number of ether oxygens (including phenoxy) is 1. The zero-order chi connectivity index (χ0) is 14.1. The van der Waals surface area contributed by atoms with Crippen LogP contribution in [0, 0.1) is 6.92 Å². The topological polar surface area (TPSA) is 43.4 Å². The van der Waals surface area contributed by atoms with E-state index in [1.165, 1.54) is 19.1 Å². The van der Waals surface area contributed by atoms with E-state index in [4.69, 9.17) is 10.7 Å². The number of hydrogen-bond acceptors (Lipinski definition) is 3. The first-order valence-corrected chi connectivity index (χ1v) is 7.48. The van der Waals surface area contributed by atoms with Gasteiger partial charge >= 0.3 is 6.61 Å². The number of halogens is 3. The highest BCUT2D eigenvalue weighted by Gasteiger charge is 2.20. The fourth-order valence-electron chi connectivity index (χ4n) is 1.59. The molecule has 0 atom stereocenters. The van der Waals surface area contributed by atoms with Gasteiger partial charge in [-0.25, -0.2) is 8.42 Å². The molecule has 18 heavy (non-hydrogen) atoms. The van der Waals surface area contributed by atoms with E-state index in [1.54, 1.807) is 13.8 Å². The Morgan fingerprint density at radius 2 is 1.83 bits per heavy atom. The van der Waals surface area contributed by atoms with Crippen molar-refractivity contribution >= 4 is 19.7 Å². The second-order valence-corrected chi connectivity index (χ2v) is 6.66. The summed E-state index contributed by atoms with van der Waals surface area (Å²) in [4.78, 5) is -0.0884. The van der Waals surface area contributed by atoms with Crippen molar-refractivity contribution in [1.29, 1.82) is 0 Å². The fourth-order valence-corrected chi connectivity index (χ4v) is 2.80. The summed E-state index contributed by atoms with van der Waals surface area (Å²) in [5, 5.41) is 0. The lowest BCUT2D eigenvalue weighted by Crippen LogP contribution is -2.07. The molecule has 1 aromatic carbocycles. The molecule has 1 aromatic rings. The van der Waals surface area contributed by atoms with E-state index in [0.29, 0.717) is 5.56 Å². The standard InChI is InChI=1S/C11H13ClF2O3S/c1-6(2)8-5-10(18(12,15)16)7(3)4-9(8)17-11(13)14/h4-6,11H,1-3H3. The Kier molecular flexibility index (Phi) is 4.55. The maximum absolute atomic E-state index is 12.3. The van der Waals surface area contributed by atoms with Gasteiger partial charge in [0.15, 0.2) is 0 Å². The summed E-state index contributed by atoms with van der Waals surface area (Å²) in [5.74, 6) is -0.196. The maximum Gasteiger partial charge on any atom is 0.387 e. The second kappa shape index (κ2) is 5.40. The van der Waals surface area contributed by atoms with Crippen LogP contribution in [0.5, 0.6) is 5.75 Å². The van der Waals surface area contributed by atoms with Crippen LogP contribution in [0.15, 0.2) is 17.0 Å². The highest BCUT2D eigenvalue weighted by molar-refractivity contribution is 8.13. The molecular formula is C11H13ClF2O3S. The van der Waals surface area contributed by atoms with Crippen molar-refractivity contribution in [3.63, 3.8) is 0 Å². The molecule has 102 valence electrons. The van der Waals surface area contributed by atoms with Crippen molar-refractivity contribution in [1.82, 2.24) is 0 Å². The van der Waals surface area contributed by atoms with Crippen molar-refractivity contribution in [2.75, 3.05) is 0 Å². The van der Waals surface area contributed by atoms with Crippen LogP contribution in [0.2, 0.25) is 0 Å². The molecule has 0 unspecified atom stereocenters. The van der Waals surface area contributed by atoms with Gasteiger partial charge in [-0.3, -0.25) is 0 Å². The number of hydrogen-bond donors (Lipinski definition) is 0. The quantitative estimate of drug-likeness (QED) is 0.797. The van der Waals surface area contributed by atoms with E-state index in [-0.39, 0.29) is 22.1 Å². The molecule has 0 aliphatic heterocycles. The highest BCUT2D eigenvalue weighted by Crippen LogP contribution is 2.33. The molecule has 7 heteroatoms. The molecule has 3 nitrogen and oxygen atoms in total. The molecule has 0 saturated carbocycles. The Labute approximate surface area is 109 Å². The smallest absolute Gasteiger partial charge is 0.387 e. The zero-order valence-electron chi connectivity index (χ0n) is 10.1. The normalized spacial score (nSPS) is 12.2. The largest absolute Gasteiger partial charge is 0.435 e. The van der Waals surface area contributed by atoms with Gasteiger partial charge < -0.3 is 4.74 Å². The second-order valence-electron chi connectivity index (χ2n) is 4.13. The van der Waals surface area contributed by atoms with E-state index in [1.807, 2.05) is 0 Å². The first-order valence-electron chi connectivity index (χ1n) is 5.17. The minimum atomic E-state index is -3.91. The predicted molar refractivity (Wildman–Crippen MR) is 64.9 cm³/mol. The van der Waals surface area contributed by atoms with E-state index < -0.39 is 15.7 Å². The molecular weight excluding hydrogens is 286 g/mol. The molecule has 0 N–H and O–H groups in total. The average Bonchev–Trinajstić information content (AvgIpc) is 2.13. The molecule has 0 aromatic heterocycles. The van der Waals surface area contributed by atoms with E-state index in [0.717, 1.165) is 0 Å². The van der Waals surface area contributed by atoms with Crippen LogP contribution in [0.4, 0.5) is 8.78 Å². The Balaban J connectivity index is 3.44. The van der Waals surface area contributed by atoms with Crippen LogP contribution >= 0.6 is 10.7 Å². The Hall–Kier alpha value is -0.880. The number of rotatable bonds is 4. The van der Waals surface area contributed by atoms with Gasteiger partial charge in [0.2, 0.25) is 0 Å². The van der Waals surface area contributed by atoms with Gasteiger partial charge in [0.1, 0.15) is 5.75 Å². The summed E-state index contributed by atoms with van der Waals surface area (Å²) < 4.78 is 51.6. The van der Waals surface area contributed by atoms with Crippen LogP contribution in [-0.2, 0) is 9.05 Å². The predicted octanol–water partition coefficient (Wildman–Crippen LogP) is 3.65. The number of aryl methyl sites for hydroxylation is 1. The third-order valence-electron chi connectivity index (χ3n) is 2.41. The van der Waals surface area contributed by atoms with Gasteiger partial charge in [-0.15, -0.1) is 0 Å². The molecule has 0 aliphatic carbocycles. The van der Waals surface area contributed by atoms with Crippen molar-refractivity contribution in [3.8, 4) is 5.75 Å². The fraction of sp³-hybridized carbons (Fsp3) is 0.455. The molecule has 0 spiro atoms. The van der Waals surface area contributed by atoms with E-state index >= 15 is 0 Å². The minimum absolute atomic E-state index is 0.0263. The van der Waals surface area contributed by atoms with Gasteiger partial charge in [-0.2, -0.15) is 8.78 Å². The van der Waals surface area contributed by atoms with E-state index in [2.05, 4.69) is 4.74 Å². The molecule has 0 fully saturated rings. The summed E-state index contributed by atoms with van der Waals surface area (Å²) in [6.07, 6.45) is 0. The number of alkyl halides is 2. The lowest BCUT2D eigenvalue weighted by molar-refractivity contribution is -0.0506. The monoisotopic (exact) mass is 298 g/mol. The van der Waals surface area contributed by atoms with Crippen LogP contribution in [0.25, 0.3) is 0 Å². The van der Waals surface area contributed by atoms with Gasteiger partial charge in [0.25, 0.3) is 9.05 Å². The van der Waals surface area contributed by atoms with Crippen LogP contribution in [0.1, 0.15) is 30.9 Å². The highest BCUT2D eigenvalue weighted by atomic mass is 35.7. The van der Waals surface area contributed by atoms with Gasteiger partial charge in [-0.1, -0.05) is 13.8 Å². The first-order chi connectivity index (χ1) is 8.12. The molecule has 0 aliphatic rings. The van der Waals surface area contributed by atoms with Crippen molar-refractivity contribution in [2.45, 2.75) is 38.2 Å².